The monoisotopic (exact) mass is 310 g/mol. The summed E-state index contributed by atoms with van der Waals surface area (Å²) in [4.78, 5) is 12.0. The highest BCUT2D eigenvalue weighted by atomic mass is 16.5. The van der Waals surface area contributed by atoms with E-state index in [4.69, 9.17) is 4.74 Å². The highest BCUT2D eigenvalue weighted by Crippen LogP contribution is 2.16. The van der Waals surface area contributed by atoms with Gasteiger partial charge >= 0.3 is 0 Å². The summed E-state index contributed by atoms with van der Waals surface area (Å²) in [5.74, 6) is 0.690. The van der Waals surface area contributed by atoms with Gasteiger partial charge in [-0.3, -0.25) is 4.79 Å². The van der Waals surface area contributed by atoms with Crippen LogP contribution in [0.3, 0.4) is 0 Å². The van der Waals surface area contributed by atoms with E-state index in [0.717, 1.165) is 22.7 Å². The molecule has 0 saturated carbocycles. The molecule has 0 bridgehead atoms. The number of amides is 1. The summed E-state index contributed by atoms with van der Waals surface area (Å²) in [6, 6.07) is 13.3. The predicted molar refractivity (Wildman–Crippen MR) is 95.2 cm³/mol. The van der Waals surface area contributed by atoms with Crippen LogP contribution in [-0.4, -0.2) is 19.1 Å². The predicted octanol–water partition coefficient (Wildman–Crippen LogP) is 3.92. The maximum Gasteiger partial charge on any atom is 0.243 e. The van der Waals surface area contributed by atoms with Gasteiger partial charge in [-0.05, 0) is 61.4 Å². The zero-order chi connectivity index (χ0) is 16.7. The lowest BCUT2D eigenvalue weighted by molar-refractivity contribution is -0.114. The third-order valence-corrected chi connectivity index (χ3v) is 3.47. The maximum atomic E-state index is 12.0. The third kappa shape index (κ3) is 5.18. The van der Waals surface area contributed by atoms with Crippen LogP contribution in [0.1, 0.15) is 11.1 Å². The van der Waals surface area contributed by atoms with E-state index >= 15 is 0 Å². The zero-order valence-electron chi connectivity index (χ0n) is 13.6. The highest BCUT2D eigenvalue weighted by molar-refractivity contribution is 5.93. The molecule has 0 unspecified atom stereocenters. The Morgan fingerprint density at radius 2 is 1.78 bits per heavy atom. The van der Waals surface area contributed by atoms with Gasteiger partial charge < -0.3 is 15.4 Å². The van der Waals surface area contributed by atoms with E-state index in [1.54, 1.807) is 6.08 Å². The van der Waals surface area contributed by atoms with E-state index in [9.17, 15) is 4.79 Å². The molecule has 23 heavy (non-hydrogen) atoms. The first kappa shape index (κ1) is 16.6. The van der Waals surface area contributed by atoms with Gasteiger partial charge in [-0.1, -0.05) is 18.7 Å². The second kappa shape index (κ2) is 8.03. The van der Waals surface area contributed by atoms with E-state index in [-0.39, 0.29) is 12.5 Å². The maximum absolute atomic E-state index is 12.0. The van der Waals surface area contributed by atoms with Crippen molar-refractivity contribution in [3.05, 3.63) is 66.2 Å². The molecule has 0 radical (unpaired) electrons. The molecule has 0 aliphatic heterocycles. The number of ether oxygens (including phenoxy) is 1. The van der Waals surface area contributed by atoms with Crippen LogP contribution < -0.4 is 15.4 Å². The molecule has 0 atom stereocenters. The summed E-state index contributed by atoms with van der Waals surface area (Å²) in [5, 5.41) is 5.97. The van der Waals surface area contributed by atoms with Crippen LogP contribution in [0, 0.1) is 13.8 Å². The van der Waals surface area contributed by atoms with E-state index in [1.165, 1.54) is 5.56 Å². The summed E-state index contributed by atoms with van der Waals surface area (Å²) in [6.45, 7) is 8.36. The van der Waals surface area contributed by atoms with Crippen molar-refractivity contribution in [1.82, 2.24) is 0 Å². The fourth-order valence-corrected chi connectivity index (χ4v) is 2.03. The zero-order valence-corrected chi connectivity index (χ0v) is 13.6. The second-order valence-corrected chi connectivity index (χ2v) is 5.32. The molecule has 0 spiro atoms. The summed E-state index contributed by atoms with van der Waals surface area (Å²) in [5.41, 5.74) is 4.05. The van der Waals surface area contributed by atoms with Crippen molar-refractivity contribution in [1.29, 1.82) is 0 Å². The van der Waals surface area contributed by atoms with Gasteiger partial charge in [0, 0.05) is 11.4 Å². The Labute approximate surface area is 137 Å². The van der Waals surface area contributed by atoms with Crippen molar-refractivity contribution in [2.75, 3.05) is 23.8 Å². The molecule has 2 rings (SSSR count). The fraction of sp³-hybridized carbons (Fsp3) is 0.211. The van der Waals surface area contributed by atoms with Crippen LogP contribution in [-0.2, 0) is 4.79 Å². The van der Waals surface area contributed by atoms with Crippen molar-refractivity contribution in [3.63, 3.8) is 0 Å². The number of anilines is 2. The van der Waals surface area contributed by atoms with Crippen LogP contribution >= 0.6 is 0 Å². The Morgan fingerprint density at radius 1 is 1.09 bits per heavy atom. The van der Waals surface area contributed by atoms with Gasteiger partial charge in [0.2, 0.25) is 5.91 Å². The van der Waals surface area contributed by atoms with Crippen molar-refractivity contribution < 1.29 is 9.53 Å². The normalized spacial score (nSPS) is 10.0. The van der Waals surface area contributed by atoms with Gasteiger partial charge in [0.15, 0.2) is 0 Å². The lowest BCUT2D eigenvalue weighted by Crippen LogP contribution is -2.21. The SMILES string of the molecule is C=CCOc1ccc(NCC(=O)Nc2ccc(C)c(C)c2)cc1. The molecule has 0 saturated heterocycles. The van der Waals surface area contributed by atoms with Gasteiger partial charge in [-0.25, -0.2) is 0 Å². The molecule has 0 heterocycles. The Balaban J connectivity index is 1.83. The summed E-state index contributed by atoms with van der Waals surface area (Å²) < 4.78 is 5.41. The van der Waals surface area contributed by atoms with Gasteiger partial charge in [0.1, 0.15) is 12.4 Å². The number of rotatable bonds is 7. The standard InChI is InChI=1S/C19H22N2O2/c1-4-11-23-18-9-7-16(8-10-18)20-13-19(22)21-17-6-5-14(2)15(3)12-17/h4-10,12,20H,1,11,13H2,2-3H3,(H,21,22). The first-order valence-corrected chi connectivity index (χ1v) is 7.53. The topological polar surface area (TPSA) is 50.4 Å². The third-order valence-electron chi connectivity index (χ3n) is 3.47. The molecule has 4 nitrogen and oxygen atoms in total. The largest absolute Gasteiger partial charge is 0.490 e. The molecule has 2 N–H and O–H groups in total. The molecule has 2 aromatic rings. The van der Waals surface area contributed by atoms with Crippen LogP contribution in [0.2, 0.25) is 0 Å². The number of hydrogen-bond donors (Lipinski definition) is 2. The number of benzene rings is 2. The first-order valence-electron chi connectivity index (χ1n) is 7.53. The smallest absolute Gasteiger partial charge is 0.243 e. The molecule has 2 aromatic carbocycles. The van der Waals surface area contributed by atoms with Crippen LogP contribution in [0.4, 0.5) is 11.4 Å². The van der Waals surface area contributed by atoms with Crippen LogP contribution in [0.5, 0.6) is 5.75 Å². The Hall–Kier alpha value is -2.75. The van der Waals surface area contributed by atoms with Crippen LogP contribution in [0.15, 0.2) is 55.1 Å². The van der Waals surface area contributed by atoms with Crippen molar-refractivity contribution in [3.8, 4) is 5.75 Å². The van der Waals surface area contributed by atoms with Crippen LogP contribution in [0.25, 0.3) is 0 Å². The molecular weight excluding hydrogens is 288 g/mol. The number of carbonyl (C=O) groups excluding carboxylic acids is 1. The minimum atomic E-state index is -0.0831. The van der Waals surface area contributed by atoms with E-state index < -0.39 is 0 Å². The highest BCUT2D eigenvalue weighted by Gasteiger charge is 2.03. The fourth-order valence-electron chi connectivity index (χ4n) is 2.03. The Kier molecular flexibility index (Phi) is 5.80. The minimum absolute atomic E-state index is 0.0831. The minimum Gasteiger partial charge on any atom is -0.490 e. The number of carbonyl (C=O) groups is 1. The number of nitrogens with one attached hydrogen (secondary N) is 2. The Bertz CT molecular complexity index is 678. The molecule has 0 aliphatic rings. The molecule has 0 aromatic heterocycles. The van der Waals surface area contributed by atoms with Crippen molar-refractivity contribution in [2.24, 2.45) is 0 Å². The summed E-state index contributed by atoms with van der Waals surface area (Å²) in [6.07, 6.45) is 1.70. The molecule has 120 valence electrons. The molecule has 4 heteroatoms. The molecular formula is C19H22N2O2. The molecule has 0 aliphatic carbocycles. The van der Waals surface area contributed by atoms with E-state index in [0.29, 0.717) is 6.61 Å². The molecule has 0 fully saturated rings. The quantitative estimate of drug-likeness (QED) is 0.762. The summed E-state index contributed by atoms with van der Waals surface area (Å²) in [7, 11) is 0. The van der Waals surface area contributed by atoms with E-state index in [2.05, 4.69) is 17.2 Å². The van der Waals surface area contributed by atoms with Gasteiger partial charge in [0.25, 0.3) is 0 Å². The first-order chi connectivity index (χ1) is 11.1. The van der Waals surface area contributed by atoms with E-state index in [1.807, 2.05) is 56.3 Å². The average Bonchev–Trinajstić information content (AvgIpc) is 2.55. The van der Waals surface area contributed by atoms with Gasteiger partial charge in [-0.2, -0.15) is 0 Å². The van der Waals surface area contributed by atoms with Gasteiger partial charge in [-0.15, -0.1) is 0 Å². The average molecular weight is 310 g/mol. The second-order valence-electron chi connectivity index (χ2n) is 5.32. The number of hydrogen-bond acceptors (Lipinski definition) is 3. The lowest BCUT2D eigenvalue weighted by atomic mass is 10.1. The van der Waals surface area contributed by atoms with Crippen molar-refractivity contribution in [2.45, 2.75) is 13.8 Å². The summed E-state index contributed by atoms with van der Waals surface area (Å²) >= 11 is 0. The number of aryl methyl sites for hydroxylation is 2. The molecule has 1 amide bonds. The Morgan fingerprint density at radius 3 is 2.43 bits per heavy atom. The van der Waals surface area contributed by atoms with Crippen molar-refractivity contribution >= 4 is 17.3 Å². The van der Waals surface area contributed by atoms with Gasteiger partial charge in [0.05, 0.1) is 6.54 Å². The lowest BCUT2D eigenvalue weighted by Gasteiger charge is -2.10.